The molecule has 1 unspecified atom stereocenters. The lowest BCUT2D eigenvalue weighted by molar-refractivity contribution is -0.122. The highest BCUT2D eigenvalue weighted by molar-refractivity contribution is 6.30. The van der Waals surface area contributed by atoms with Crippen molar-refractivity contribution in [3.05, 3.63) is 34.9 Å². The number of ether oxygens (including phenoxy) is 1. The average molecular weight is 373 g/mol. The van der Waals surface area contributed by atoms with Crippen LogP contribution in [0.15, 0.2) is 24.3 Å². The first-order chi connectivity index (χ1) is 11.2. The Morgan fingerprint density at radius 3 is 2.83 bits per heavy atom. The Labute approximate surface area is 155 Å². The van der Waals surface area contributed by atoms with Gasteiger partial charge in [-0.2, -0.15) is 0 Å². The van der Waals surface area contributed by atoms with Crippen molar-refractivity contribution in [3.63, 3.8) is 0 Å². The summed E-state index contributed by atoms with van der Waals surface area (Å²) in [6.07, 6.45) is 5.11. The summed E-state index contributed by atoms with van der Waals surface area (Å²) in [6.45, 7) is 2.87. The standard InChI is InChI=1S/C18H25ClN2O2.ClH/c19-15-5-3-4-14(10-15)18(6-1-2-7-18)13-21-17(22)11-16-12-23-9-8-20-16;/h3-5,10,16,20H,1-2,6-9,11-13H2,(H,21,22);1H. The topological polar surface area (TPSA) is 50.4 Å². The summed E-state index contributed by atoms with van der Waals surface area (Å²) in [5.74, 6) is 0.0984. The largest absolute Gasteiger partial charge is 0.378 e. The van der Waals surface area contributed by atoms with Crippen molar-refractivity contribution in [2.24, 2.45) is 0 Å². The molecule has 0 bridgehead atoms. The van der Waals surface area contributed by atoms with Crippen LogP contribution in [0.1, 0.15) is 37.7 Å². The zero-order valence-corrected chi connectivity index (χ0v) is 15.4. The number of carbonyl (C=O) groups excluding carboxylic acids is 1. The van der Waals surface area contributed by atoms with Gasteiger partial charge in [-0.05, 0) is 30.5 Å². The van der Waals surface area contributed by atoms with Gasteiger partial charge in [0.2, 0.25) is 5.91 Å². The van der Waals surface area contributed by atoms with Crippen molar-refractivity contribution in [2.75, 3.05) is 26.3 Å². The van der Waals surface area contributed by atoms with Crippen LogP contribution in [0.4, 0.5) is 0 Å². The van der Waals surface area contributed by atoms with Gasteiger partial charge in [0.25, 0.3) is 0 Å². The Balaban J connectivity index is 0.00000208. The third kappa shape index (κ3) is 4.85. The molecule has 2 fully saturated rings. The number of rotatable bonds is 5. The Bertz CT molecular complexity index is 542. The molecule has 1 aliphatic heterocycles. The molecule has 0 aromatic heterocycles. The summed E-state index contributed by atoms with van der Waals surface area (Å²) in [5, 5.41) is 7.24. The minimum Gasteiger partial charge on any atom is -0.378 e. The maximum absolute atomic E-state index is 12.3. The molecule has 1 aromatic carbocycles. The lowest BCUT2D eigenvalue weighted by Crippen LogP contribution is -2.46. The van der Waals surface area contributed by atoms with Crippen LogP contribution in [0.5, 0.6) is 0 Å². The first-order valence-corrected chi connectivity index (χ1v) is 8.90. The van der Waals surface area contributed by atoms with Crippen molar-refractivity contribution >= 4 is 29.9 Å². The van der Waals surface area contributed by atoms with Gasteiger partial charge in [-0.3, -0.25) is 4.79 Å². The summed E-state index contributed by atoms with van der Waals surface area (Å²) in [6, 6.07) is 8.23. The highest BCUT2D eigenvalue weighted by Gasteiger charge is 2.36. The Morgan fingerprint density at radius 1 is 1.38 bits per heavy atom. The molecule has 2 N–H and O–H groups in total. The molecule has 1 saturated heterocycles. The molecular weight excluding hydrogens is 347 g/mol. The molecule has 3 rings (SSSR count). The van der Waals surface area contributed by atoms with Crippen LogP contribution in [0.25, 0.3) is 0 Å². The Kier molecular flexibility index (Phi) is 7.35. The molecule has 4 nitrogen and oxygen atoms in total. The van der Waals surface area contributed by atoms with E-state index in [1.165, 1.54) is 18.4 Å². The van der Waals surface area contributed by atoms with Crippen molar-refractivity contribution in [1.82, 2.24) is 10.6 Å². The second-order valence-electron chi connectivity index (χ2n) is 6.70. The van der Waals surface area contributed by atoms with Crippen LogP contribution in [0.3, 0.4) is 0 Å². The van der Waals surface area contributed by atoms with Gasteiger partial charge in [-0.1, -0.05) is 36.6 Å². The zero-order valence-electron chi connectivity index (χ0n) is 13.9. The van der Waals surface area contributed by atoms with Crippen LogP contribution < -0.4 is 10.6 Å². The second kappa shape index (κ2) is 9.04. The third-order valence-corrected chi connectivity index (χ3v) is 5.29. The Hall–Kier alpha value is -0.810. The van der Waals surface area contributed by atoms with E-state index >= 15 is 0 Å². The first kappa shape index (κ1) is 19.5. The van der Waals surface area contributed by atoms with E-state index in [0.717, 1.165) is 31.0 Å². The van der Waals surface area contributed by atoms with E-state index in [9.17, 15) is 4.79 Å². The zero-order chi connectivity index (χ0) is 16.1. The maximum atomic E-state index is 12.3. The van der Waals surface area contributed by atoms with Crippen LogP contribution >= 0.6 is 24.0 Å². The van der Waals surface area contributed by atoms with Crippen molar-refractivity contribution in [2.45, 2.75) is 43.6 Å². The van der Waals surface area contributed by atoms with Crippen LogP contribution in [0, 0.1) is 0 Å². The van der Waals surface area contributed by atoms with Crippen LogP contribution in [-0.4, -0.2) is 38.3 Å². The normalized spacial score (nSPS) is 22.6. The molecule has 2 aliphatic rings. The third-order valence-electron chi connectivity index (χ3n) is 5.05. The number of morpholine rings is 1. The number of carbonyl (C=O) groups is 1. The molecular formula is C18H26Cl2N2O2. The molecule has 0 spiro atoms. The monoisotopic (exact) mass is 372 g/mol. The molecule has 1 heterocycles. The molecule has 1 amide bonds. The average Bonchev–Trinajstić information content (AvgIpc) is 3.04. The van der Waals surface area contributed by atoms with Crippen LogP contribution in [0.2, 0.25) is 5.02 Å². The van der Waals surface area contributed by atoms with E-state index in [1.807, 2.05) is 12.1 Å². The summed E-state index contributed by atoms with van der Waals surface area (Å²) >= 11 is 6.17. The van der Waals surface area contributed by atoms with Gasteiger partial charge < -0.3 is 15.4 Å². The minimum absolute atomic E-state index is 0. The summed E-state index contributed by atoms with van der Waals surface area (Å²) < 4.78 is 5.41. The summed E-state index contributed by atoms with van der Waals surface area (Å²) in [4.78, 5) is 12.3. The fourth-order valence-corrected chi connectivity index (χ4v) is 3.94. The SMILES string of the molecule is Cl.O=C(CC1COCCN1)NCC1(c2cccc(Cl)c2)CCCC1. The van der Waals surface area contributed by atoms with E-state index < -0.39 is 0 Å². The van der Waals surface area contributed by atoms with Gasteiger partial charge >= 0.3 is 0 Å². The quantitative estimate of drug-likeness (QED) is 0.834. The molecule has 1 saturated carbocycles. The van der Waals surface area contributed by atoms with E-state index in [2.05, 4.69) is 22.8 Å². The number of hydrogen-bond acceptors (Lipinski definition) is 3. The molecule has 0 radical (unpaired) electrons. The molecule has 1 atom stereocenters. The smallest absolute Gasteiger partial charge is 0.221 e. The first-order valence-electron chi connectivity index (χ1n) is 8.52. The van der Waals surface area contributed by atoms with E-state index in [1.54, 1.807) is 0 Å². The molecule has 24 heavy (non-hydrogen) atoms. The predicted octanol–water partition coefficient (Wildman–Crippen LogP) is 3.07. The molecule has 1 aliphatic carbocycles. The van der Waals surface area contributed by atoms with Crippen molar-refractivity contribution in [1.29, 1.82) is 0 Å². The number of hydrogen-bond donors (Lipinski definition) is 2. The minimum atomic E-state index is 0. The second-order valence-corrected chi connectivity index (χ2v) is 7.14. The lowest BCUT2D eigenvalue weighted by atomic mass is 9.79. The number of halogens is 2. The summed E-state index contributed by atoms with van der Waals surface area (Å²) in [7, 11) is 0. The number of nitrogens with one attached hydrogen (secondary N) is 2. The van der Waals surface area contributed by atoms with Gasteiger partial charge in [0.15, 0.2) is 0 Å². The summed E-state index contributed by atoms with van der Waals surface area (Å²) in [5.41, 5.74) is 1.29. The van der Waals surface area contributed by atoms with Crippen molar-refractivity contribution in [3.8, 4) is 0 Å². The number of amides is 1. The molecule has 134 valence electrons. The maximum Gasteiger partial charge on any atom is 0.221 e. The van der Waals surface area contributed by atoms with E-state index in [-0.39, 0.29) is 29.8 Å². The highest BCUT2D eigenvalue weighted by Crippen LogP contribution is 2.41. The lowest BCUT2D eigenvalue weighted by Gasteiger charge is -2.31. The Morgan fingerprint density at radius 2 is 2.17 bits per heavy atom. The van der Waals surface area contributed by atoms with Gasteiger partial charge in [-0.15, -0.1) is 12.4 Å². The van der Waals surface area contributed by atoms with Crippen molar-refractivity contribution < 1.29 is 9.53 Å². The fourth-order valence-electron chi connectivity index (χ4n) is 3.75. The van der Waals surface area contributed by atoms with E-state index in [0.29, 0.717) is 19.6 Å². The number of benzene rings is 1. The van der Waals surface area contributed by atoms with Crippen LogP contribution in [-0.2, 0) is 14.9 Å². The molecule has 1 aromatic rings. The van der Waals surface area contributed by atoms with Gasteiger partial charge in [0, 0.05) is 36.0 Å². The van der Waals surface area contributed by atoms with E-state index in [4.69, 9.17) is 16.3 Å². The highest BCUT2D eigenvalue weighted by atomic mass is 35.5. The molecule has 6 heteroatoms. The van der Waals surface area contributed by atoms with Gasteiger partial charge in [0.05, 0.1) is 13.2 Å². The van der Waals surface area contributed by atoms with Gasteiger partial charge in [-0.25, -0.2) is 0 Å². The van der Waals surface area contributed by atoms with Gasteiger partial charge in [0.1, 0.15) is 0 Å². The predicted molar refractivity (Wildman–Crippen MR) is 99.1 cm³/mol. The fraction of sp³-hybridized carbons (Fsp3) is 0.611.